The van der Waals surface area contributed by atoms with Crippen molar-refractivity contribution in [1.29, 1.82) is 0 Å². The summed E-state index contributed by atoms with van der Waals surface area (Å²) in [6.07, 6.45) is 6.23. The van der Waals surface area contributed by atoms with E-state index < -0.39 is 11.6 Å². The Kier molecular flexibility index (Phi) is 5.32. The molecule has 1 aliphatic carbocycles. The lowest BCUT2D eigenvalue weighted by Crippen LogP contribution is -2.51. The van der Waals surface area contributed by atoms with E-state index in [0.717, 1.165) is 37.0 Å². The molecule has 4 amide bonds. The molecule has 2 heterocycles. The van der Waals surface area contributed by atoms with E-state index in [4.69, 9.17) is 0 Å². The van der Waals surface area contributed by atoms with Gasteiger partial charge in [0.25, 0.3) is 5.91 Å². The highest BCUT2D eigenvalue weighted by Gasteiger charge is 2.52. The summed E-state index contributed by atoms with van der Waals surface area (Å²) in [5.41, 5.74) is -0.762. The van der Waals surface area contributed by atoms with Crippen LogP contribution in [0.5, 0.6) is 0 Å². The van der Waals surface area contributed by atoms with Gasteiger partial charge in [0.15, 0.2) is 0 Å². The van der Waals surface area contributed by atoms with Crippen molar-refractivity contribution in [2.45, 2.75) is 63.5 Å². The summed E-state index contributed by atoms with van der Waals surface area (Å²) in [5.74, 6) is 0.308. The number of amides is 4. The summed E-state index contributed by atoms with van der Waals surface area (Å²) in [4.78, 5) is 40.7. The highest BCUT2D eigenvalue weighted by Crippen LogP contribution is 2.37. The lowest BCUT2D eigenvalue weighted by Gasteiger charge is -2.35. The lowest BCUT2D eigenvalue weighted by molar-refractivity contribution is -0.140. The summed E-state index contributed by atoms with van der Waals surface area (Å²) in [7, 11) is 1.93. The first-order valence-corrected chi connectivity index (χ1v) is 9.58. The van der Waals surface area contributed by atoms with Crippen LogP contribution in [0.15, 0.2) is 0 Å². The Bertz CT molecular complexity index is 534. The summed E-state index contributed by atoms with van der Waals surface area (Å²) in [5, 5.41) is 6.13. The van der Waals surface area contributed by atoms with E-state index in [9.17, 15) is 14.4 Å². The van der Waals surface area contributed by atoms with Gasteiger partial charge in [0.05, 0.1) is 0 Å². The average molecular weight is 350 g/mol. The molecular weight excluding hydrogens is 320 g/mol. The fourth-order valence-electron chi connectivity index (χ4n) is 4.39. The van der Waals surface area contributed by atoms with Crippen LogP contribution in [0.1, 0.15) is 51.9 Å². The second-order valence-electron chi connectivity index (χ2n) is 7.70. The van der Waals surface area contributed by atoms with Gasteiger partial charge in [-0.15, -0.1) is 0 Å². The molecule has 0 atom stereocenters. The molecule has 2 saturated heterocycles. The van der Waals surface area contributed by atoms with Crippen molar-refractivity contribution < 1.29 is 14.4 Å². The first kappa shape index (κ1) is 18.2. The second-order valence-corrected chi connectivity index (χ2v) is 7.70. The number of carbonyl (C=O) groups excluding carboxylic acids is 3. The molecule has 3 fully saturated rings. The molecule has 0 bridgehead atoms. The minimum atomic E-state index is -0.762. The molecular formula is C18H30N4O3. The van der Waals surface area contributed by atoms with E-state index in [1.807, 2.05) is 7.05 Å². The van der Waals surface area contributed by atoms with Gasteiger partial charge in [-0.2, -0.15) is 0 Å². The molecule has 3 aliphatic rings. The van der Waals surface area contributed by atoms with Crippen molar-refractivity contribution in [1.82, 2.24) is 20.4 Å². The van der Waals surface area contributed by atoms with Crippen LogP contribution in [0.2, 0.25) is 0 Å². The monoisotopic (exact) mass is 350 g/mol. The molecule has 7 nitrogen and oxygen atoms in total. The zero-order valence-electron chi connectivity index (χ0n) is 15.3. The van der Waals surface area contributed by atoms with Gasteiger partial charge < -0.3 is 15.5 Å². The number of imide groups is 1. The van der Waals surface area contributed by atoms with Crippen LogP contribution in [0.4, 0.5) is 4.79 Å². The fraction of sp³-hybridized carbons (Fsp3) is 0.833. The van der Waals surface area contributed by atoms with Crippen molar-refractivity contribution >= 4 is 17.8 Å². The molecule has 0 aromatic heterocycles. The van der Waals surface area contributed by atoms with Crippen molar-refractivity contribution in [3.8, 4) is 0 Å². The summed E-state index contributed by atoms with van der Waals surface area (Å²) >= 11 is 0. The molecule has 1 saturated carbocycles. The number of carbonyl (C=O) groups is 3. The molecule has 2 aliphatic heterocycles. The molecule has 140 valence electrons. The predicted octanol–water partition coefficient (Wildman–Crippen LogP) is 1.09. The number of likely N-dealkylation sites (tertiary alicyclic amines) is 1. The minimum absolute atomic E-state index is 0.127. The summed E-state index contributed by atoms with van der Waals surface area (Å²) in [6, 6.07) is 0.0381. The highest BCUT2D eigenvalue weighted by atomic mass is 16.2. The van der Waals surface area contributed by atoms with E-state index in [1.165, 1.54) is 0 Å². The van der Waals surface area contributed by atoms with E-state index >= 15 is 0 Å². The molecule has 0 unspecified atom stereocenters. The third-order valence-corrected chi connectivity index (χ3v) is 6.33. The number of piperidine rings is 1. The van der Waals surface area contributed by atoms with Gasteiger partial charge in [-0.3, -0.25) is 14.5 Å². The van der Waals surface area contributed by atoms with Gasteiger partial charge >= 0.3 is 6.03 Å². The summed E-state index contributed by atoms with van der Waals surface area (Å²) < 4.78 is 0. The summed E-state index contributed by atoms with van der Waals surface area (Å²) in [6.45, 7) is 3.39. The molecule has 0 aromatic rings. The topological polar surface area (TPSA) is 81.8 Å². The molecule has 2 N–H and O–H groups in total. The van der Waals surface area contributed by atoms with Gasteiger partial charge in [0.1, 0.15) is 12.1 Å². The predicted molar refractivity (Wildman–Crippen MR) is 93.9 cm³/mol. The van der Waals surface area contributed by atoms with Crippen molar-refractivity contribution in [3.05, 3.63) is 0 Å². The SMILES string of the molecule is CCC1CCC2(CC1)NC(=O)N(CC(=O)N1CCC(NC)CC1)C2=O. The largest absolute Gasteiger partial charge is 0.341 e. The zero-order chi connectivity index (χ0) is 18.0. The number of rotatable bonds is 4. The van der Waals surface area contributed by atoms with Crippen LogP contribution < -0.4 is 10.6 Å². The van der Waals surface area contributed by atoms with Gasteiger partial charge in [-0.05, 0) is 51.5 Å². The van der Waals surface area contributed by atoms with Crippen LogP contribution in [-0.2, 0) is 9.59 Å². The second kappa shape index (κ2) is 7.32. The Morgan fingerprint density at radius 2 is 1.84 bits per heavy atom. The van der Waals surface area contributed by atoms with Crippen LogP contribution >= 0.6 is 0 Å². The first-order valence-electron chi connectivity index (χ1n) is 9.58. The van der Waals surface area contributed by atoms with Crippen molar-refractivity contribution in [3.63, 3.8) is 0 Å². The molecule has 1 spiro atoms. The Hall–Kier alpha value is -1.63. The van der Waals surface area contributed by atoms with Crippen LogP contribution in [0.25, 0.3) is 0 Å². The fourth-order valence-corrected chi connectivity index (χ4v) is 4.39. The van der Waals surface area contributed by atoms with Crippen molar-refractivity contribution in [2.75, 3.05) is 26.7 Å². The average Bonchev–Trinajstić information content (AvgIpc) is 2.86. The molecule has 3 rings (SSSR count). The van der Waals surface area contributed by atoms with E-state index in [1.54, 1.807) is 4.90 Å². The first-order chi connectivity index (χ1) is 12.0. The highest BCUT2D eigenvalue weighted by molar-refractivity contribution is 6.09. The quantitative estimate of drug-likeness (QED) is 0.744. The van der Waals surface area contributed by atoms with Gasteiger partial charge in [-0.1, -0.05) is 13.3 Å². The number of hydrogen-bond donors (Lipinski definition) is 2. The Morgan fingerprint density at radius 3 is 2.40 bits per heavy atom. The minimum Gasteiger partial charge on any atom is -0.341 e. The smallest absolute Gasteiger partial charge is 0.325 e. The van der Waals surface area contributed by atoms with Gasteiger partial charge in [-0.25, -0.2) is 4.79 Å². The third-order valence-electron chi connectivity index (χ3n) is 6.33. The normalized spacial score (nSPS) is 30.9. The zero-order valence-corrected chi connectivity index (χ0v) is 15.3. The molecule has 7 heteroatoms. The Morgan fingerprint density at radius 1 is 1.20 bits per heavy atom. The Labute approximate surface area is 149 Å². The van der Waals surface area contributed by atoms with E-state index in [-0.39, 0.29) is 18.4 Å². The van der Waals surface area contributed by atoms with Crippen molar-refractivity contribution in [2.24, 2.45) is 5.92 Å². The van der Waals surface area contributed by atoms with Crippen LogP contribution in [-0.4, -0.2) is 65.9 Å². The van der Waals surface area contributed by atoms with E-state index in [2.05, 4.69) is 17.6 Å². The molecule has 0 aromatic carbocycles. The van der Waals surface area contributed by atoms with Gasteiger partial charge in [0.2, 0.25) is 5.91 Å². The van der Waals surface area contributed by atoms with E-state index in [0.29, 0.717) is 37.9 Å². The number of nitrogens with one attached hydrogen (secondary N) is 2. The maximum atomic E-state index is 12.9. The van der Waals surface area contributed by atoms with Crippen LogP contribution in [0.3, 0.4) is 0 Å². The van der Waals surface area contributed by atoms with Gasteiger partial charge in [0, 0.05) is 19.1 Å². The van der Waals surface area contributed by atoms with Crippen LogP contribution in [0, 0.1) is 5.92 Å². The third kappa shape index (κ3) is 3.52. The lowest BCUT2D eigenvalue weighted by atomic mass is 9.75. The molecule has 25 heavy (non-hydrogen) atoms. The number of nitrogens with zero attached hydrogens (tertiary/aromatic N) is 2. The molecule has 0 radical (unpaired) electrons. The Balaban J connectivity index is 1.59. The number of hydrogen-bond acceptors (Lipinski definition) is 4. The standard InChI is InChI=1S/C18H30N4O3/c1-3-13-4-8-18(9-5-13)16(24)22(17(25)20-18)12-15(23)21-10-6-14(19-2)7-11-21/h13-14,19H,3-12H2,1-2H3,(H,20,25). The number of urea groups is 1. The maximum absolute atomic E-state index is 12.9. The maximum Gasteiger partial charge on any atom is 0.325 e.